The van der Waals surface area contributed by atoms with E-state index in [9.17, 15) is 4.79 Å². The van der Waals surface area contributed by atoms with E-state index >= 15 is 0 Å². The molecule has 1 atom stereocenters. The molecule has 0 radical (unpaired) electrons. The molecule has 0 saturated carbocycles. The summed E-state index contributed by atoms with van der Waals surface area (Å²) in [6, 6.07) is 16.7. The highest BCUT2D eigenvalue weighted by atomic mass is 35.5. The Hall–Kier alpha value is -2.79. The van der Waals surface area contributed by atoms with Gasteiger partial charge in [-0.3, -0.25) is 4.79 Å². The van der Waals surface area contributed by atoms with Crippen LogP contribution in [0.1, 0.15) is 31.3 Å². The third kappa shape index (κ3) is 4.37. The fourth-order valence-corrected chi connectivity index (χ4v) is 2.90. The first kappa shape index (κ1) is 20.0. The van der Waals surface area contributed by atoms with Crippen molar-refractivity contribution in [2.24, 2.45) is 5.92 Å². The van der Waals surface area contributed by atoms with Crippen LogP contribution in [0.15, 0.2) is 54.6 Å². The highest BCUT2D eigenvalue weighted by Gasteiger charge is 2.20. The minimum Gasteiger partial charge on any atom is -0.497 e. The predicted molar refractivity (Wildman–Crippen MR) is 112 cm³/mol. The summed E-state index contributed by atoms with van der Waals surface area (Å²) in [7, 11) is 1.62. The Bertz CT molecular complexity index is 981. The van der Waals surface area contributed by atoms with Gasteiger partial charge in [0, 0.05) is 16.6 Å². The minimum atomic E-state index is -0.178. The molecule has 3 aromatic rings. The van der Waals surface area contributed by atoms with E-state index in [0.29, 0.717) is 22.3 Å². The lowest BCUT2D eigenvalue weighted by atomic mass is 10.1. The number of benzene rings is 2. The van der Waals surface area contributed by atoms with Gasteiger partial charge in [0.15, 0.2) is 0 Å². The normalized spacial score (nSPS) is 12.1. The van der Waals surface area contributed by atoms with E-state index in [1.807, 2.05) is 43.3 Å². The van der Waals surface area contributed by atoms with Crippen LogP contribution in [0.4, 0.5) is 0 Å². The topological polar surface area (TPSA) is 56.1 Å². The number of halogens is 1. The smallest absolute Gasteiger partial charge is 0.270 e. The van der Waals surface area contributed by atoms with Crippen LogP contribution in [0.3, 0.4) is 0 Å². The second kappa shape index (κ2) is 8.48. The molecule has 0 bridgehead atoms. The lowest BCUT2D eigenvalue weighted by Crippen LogP contribution is -2.37. The number of ether oxygens (including phenoxy) is 1. The Balaban J connectivity index is 2.08. The van der Waals surface area contributed by atoms with E-state index in [0.717, 1.165) is 17.0 Å². The third-order valence-electron chi connectivity index (χ3n) is 4.72. The summed E-state index contributed by atoms with van der Waals surface area (Å²) in [5.74, 6) is 0.876. The molecule has 1 aromatic heterocycles. The maximum absolute atomic E-state index is 13.0. The number of carbonyl (C=O) groups excluding carboxylic acids is 1. The standard InChI is InChI=1S/C22H24ClN3O2/c1-14(2)15(3)24-22(27)21-13-20(16-7-5-10-19(11-16)28-4)25-26(21)18-9-6-8-17(23)12-18/h5-15H,1-4H3,(H,24,27)/t15-/m0/s1. The minimum absolute atomic E-state index is 0.0375. The molecule has 0 fully saturated rings. The molecule has 0 saturated heterocycles. The first-order valence-electron chi connectivity index (χ1n) is 9.20. The van der Waals surface area contributed by atoms with Crippen molar-refractivity contribution < 1.29 is 9.53 Å². The molecule has 1 amide bonds. The summed E-state index contributed by atoms with van der Waals surface area (Å²) in [4.78, 5) is 13.0. The molecule has 146 valence electrons. The summed E-state index contributed by atoms with van der Waals surface area (Å²) in [6.45, 7) is 6.13. The van der Waals surface area contributed by atoms with Crippen molar-refractivity contribution in [3.05, 3.63) is 65.3 Å². The lowest BCUT2D eigenvalue weighted by molar-refractivity contribution is 0.0922. The molecular formula is C22H24ClN3O2. The molecule has 1 N–H and O–H groups in total. The first-order valence-corrected chi connectivity index (χ1v) is 9.58. The van der Waals surface area contributed by atoms with Crippen molar-refractivity contribution in [1.29, 1.82) is 0 Å². The average molecular weight is 398 g/mol. The summed E-state index contributed by atoms with van der Waals surface area (Å²) in [5.41, 5.74) is 2.73. The monoisotopic (exact) mass is 397 g/mol. The zero-order valence-corrected chi connectivity index (χ0v) is 17.2. The molecule has 0 spiro atoms. The molecule has 28 heavy (non-hydrogen) atoms. The van der Waals surface area contributed by atoms with Gasteiger partial charge in [0.2, 0.25) is 0 Å². The average Bonchev–Trinajstić information content (AvgIpc) is 3.13. The highest BCUT2D eigenvalue weighted by molar-refractivity contribution is 6.30. The third-order valence-corrected chi connectivity index (χ3v) is 4.95. The van der Waals surface area contributed by atoms with Crippen LogP contribution in [0, 0.1) is 5.92 Å². The number of methoxy groups -OCH3 is 1. The van der Waals surface area contributed by atoms with Crippen molar-refractivity contribution in [2.75, 3.05) is 7.11 Å². The fraction of sp³-hybridized carbons (Fsp3) is 0.273. The number of nitrogens with zero attached hydrogens (tertiary/aromatic N) is 2. The molecule has 0 aliphatic rings. The van der Waals surface area contributed by atoms with E-state index < -0.39 is 0 Å². The predicted octanol–water partition coefficient (Wildman–Crippen LogP) is 4.98. The van der Waals surface area contributed by atoms with E-state index in [1.54, 1.807) is 30.0 Å². The van der Waals surface area contributed by atoms with Gasteiger partial charge in [-0.2, -0.15) is 5.10 Å². The molecule has 0 unspecified atom stereocenters. The SMILES string of the molecule is COc1cccc(-c2cc(C(=O)N[C@@H](C)C(C)C)n(-c3cccc(Cl)c3)n2)c1. The zero-order chi connectivity index (χ0) is 20.3. The Morgan fingerprint density at radius 2 is 1.86 bits per heavy atom. The number of hydrogen-bond acceptors (Lipinski definition) is 3. The molecule has 6 heteroatoms. The summed E-state index contributed by atoms with van der Waals surface area (Å²) in [6.07, 6.45) is 0. The maximum Gasteiger partial charge on any atom is 0.270 e. The first-order chi connectivity index (χ1) is 13.4. The van der Waals surface area contributed by atoms with Crippen LogP contribution in [0.5, 0.6) is 5.75 Å². The maximum atomic E-state index is 13.0. The van der Waals surface area contributed by atoms with Gasteiger partial charge < -0.3 is 10.1 Å². The molecular weight excluding hydrogens is 374 g/mol. The van der Waals surface area contributed by atoms with Crippen molar-refractivity contribution in [3.63, 3.8) is 0 Å². The van der Waals surface area contributed by atoms with Gasteiger partial charge in [0.25, 0.3) is 5.91 Å². The number of amides is 1. The Kier molecular flexibility index (Phi) is 6.05. The second-order valence-corrected chi connectivity index (χ2v) is 7.48. The van der Waals surface area contributed by atoms with Crippen molar-refractivity contribution in [2.45, 2.75) is 26.8 Å². The summed E-state index contributed by atoms with van der Waals surface area (Å²) < 4.78 is 6.94. The van der Waals surface area contributed by atoms with Crippen molar-refractivity contribution >= 4 is 17.5 Å². The van der Waals surface area contributed by atoms with Gasteiger partial charge in [0.05, 0.1) is 18.5 Å². The van der Waals surface area contributed by atoms with Gasteiger partial charge in [-0.05, 0) is 49.2 Å². The van der Waals surface area contributed by atoms with Gasteiger partial charge >= 0.3 is 0 Å². The lowest BCUT2D eigenvalue weighted by Gasteiger charge is -2.17. The fourth-order valence-electron chi connectivity index (χ4n) is 2.72. The van der Waals surface area contributed by atoms with Crippen LogP contribution in [-0.4, -0.2) is 28.8 Å². The largest absolute Gasteiger partial charge is 0.497 e. The second-order valence-electron chi connectivity index (χ2n) is 7.04. The van der Waals surface area contributed by atoms with Crippen LogP contribution in [0.25, 0.3) is 16.9 Å². The van der Waals surface area contributed by atoms with Gasteiger partial charge in [-0.15, -0.1) is 0 Å². The quantitative estimate of drug-likeness (QED) is 0.638. The van der Waals surface area contributed by atoms with Gasteiger partial charge in [-0.1, -0.05) is 43.6 Å². The Labute approximate surface area is 170 Å². The van der Waals surface area contributed by atoms with Crippen LogP contribution < -0.4 is 10.1 Å². The Morgan fingerprint density at radius 1 is 1.11 bits per heavy atom. The zero-order valence-electron chi connectivity index (χ0n) is 16.4. The van der Waals surface area contributed by atoms with E-state index in [-0.39, 0.29) is 11.9 Å². The molecule has 3 rings (SSSR count). The molecule has 5 nitrogen and oxygen atoms in total. The van der Waals surface area contributed by atoms with E-state index in [1.165, 1.54) is 0 Å². The number of rotatable bonds is 6. The molecule has 2 aromatic carbocycles. The number of nitrogens with one attached hydrogen (secondary N) is 1. The van der Waals surface area contributed by atoms with Gasteiger partial charge in [-0.25, -0.2) is 4.68 Å². The number of hydrogen-bond donors (Lipinski definition) is 1. The van der Waals surface area contributed by atoms with Crippen LogP contribution in [0.2, 0.25) is 5.02 Å². The highest BCUT2D eigenvalue weighted by Crippen LogP contribution is 2.26. The number of carbonyl (C=O) groups is 1. The summed E-state index contributed by atoms with van der Waals surface area (Å²) >= 11 is 6.16. The number of aromatic nitrogens is 2. The van der Waals surface area contributed by atoms with Crippen molar-refractivity contribution in [3.8, 4) is 22.7 Å². The van der Waals surface area contributed by atoms with Crippen LogP contribution >= 0.6 is 11.6 Å². The Morgan fingerprint density at radius 3 is 2.54 bits per heavy atom. The molecule has 1 heterocycles. The van der Waals surface area contributed by atoms with E-state index in [4.69, 9.17) is 16.3 Å². The molecule has 0 aliphatic heterocycles. The van der Waals surface area contributed by atoms with E-state index in [2.05, 4.69) is 24.3 Å². The van der Waals surface area contributed by atoms with Gasteiger partial charge in [0.1, 0.15) is 11.4 Å². The van der Waals surface area contributed by atoms with Crippen molar-refractivity contribution in [1.82, 2.24) is 15.1 Å². The molecule has 0 aliphatic carbocycles. The summed E-state index contributed by atoms with van der Waals surface area (Å²) in [5, 5.41) is 8.31. The van der Waals surface area contributed by atoms with Crippen LogP contribution in [-0.2, 0) is 0 Å².